The Hall–Kier alpha value is -1.33. The zero-order chi connectivity index (χ0) is 14.5. The predicted molar refractivity (Wildman–Crippen MR) is 79.3 cm³/mol. The molecular formula is C15H25N3O2. The zero-order valence-electron chi connectivity index (χ0n) is 12.9. The van der Waals surface area contributed by atoms with Crippen LogP contribution in [0.15, 0.2) is 12.1 Å². The second-order valence-corrected chi connectivity index (χ2v) is 5.43. The van der Waals surface area contributed by atoms with Gasteiger partial charge in [-0.15, -0.1) is 0 Å². The Kier molecular flexibility index (Phi) is 5.20. The highest BCUT2D eigenvalue weighted by Crippen LogP contribution is 2.22. The molecule has 0 radical (unpaired) electrons. The standard InChI is InChI=1S/C15H25N3O2/c1-12(2)18-9-7-17(8-10-18)11-13-5-6-14(19-3)16-15(13)20-4/h5-6,12H,7-11H2,1-4H3. The fourth-order valence-electron chi connectivity index (χ4n) is 2.54. The van der Waals surface area contributed by atoms with Gasteiger partial charge in [0, 0.05) is 50.4 Å². The Balaban J connectivity index is 1.97. The van der Waals surface area contributed by atoms with E-state index in [1.54, 1.807) is 14.2 Å². The van der Waals surface area contributed by atoms with Gasteiger partial charge in [-0.1, -0.05) is 0 Å². The zero-order valence-corrected chi connectivity index (χ0v) is 12.9. The molecule has 0 saturated carbocycles. The second-order valence-electron chi connectivity index (χ2n) is 5.43. The molecule has 0 aliphatic carbocycles. The fraction of sp³-hybridized carbons (Fsp3) is 0.667. The minimum Gasteiger partial charge on any atom is -0.481 e. The SMILES string of the molecule is COc1ccc(CN2CCN(C(C)C)CC2)c(OC)n1. The summed E-state index contributed by atoms with van der Waals surface area (Å²) in [7, 11) is 3.27. The Morgan fingerprint density at radius 3 is 2.35 bits per heavy atom. The third kappa shape index (κ3) is 3.61. The molecule has 5 heteroatoms. The van der Waals surface area contributed by atoms with E-state index in [4.69, 9.17) is 9.47 Å². The van der Waals surface area contributed by atoms with Gasteiger partial charge in [0.25, 0.3) is 0 Å². The molecular weight excluding hydrogens is 254 g/mol. The van der Waals surface area contributed by atoms with E-state index in [-0.39, 0.29) is 0 Å². The van der Waals surface area contributed by atoms with Gasteiger partial charge in [0.2, 0.25) is 11.8 Å². The Morgan fingerprint density at radius 1 is 1.10 bits per heavy atom. The molecule has 1 aliphatic rings. The molecule has 0 atom stereocenters. The second kappa shape index (κ2) is 6.90. The van der Waals surface area contributed by atoms with Gasteiger partial charge in [-0.25, -0.2) is 0 Å². The molecule has 0 bridgehead atoms. The summed E-state index contributed by atoms with van der Waals surface area (Å²) in [5.41, 5.74) is 1.12. The molecule has 0 aromatic carbocycles. The third-order valence-electron chi connectivity index (χ3n) is 3.85. The first-order valence-electron chi connectivity index (χ1n) is 7.18. The van der Waals surface area contributed by atoms with Gasteiger partial charge in [0.1, 0.15) is 0 Å². The van der Waals surface area contributed by atoms with Gasteiger partial charge in [-0.2, -0.15) is 4.98 Å². The van der Waals surface area contributed by atoms with Gasteiger partial charge in [-0.3, -0.25) is 9.80 Å². The van der Waals surface area contributed by atoms with Crippen molar-refractivity contribution < 1.29 is 9.47 Å². The molecule has 0 amide bonds. The van der Waals surface area contributed by atoms with Crippen LogP contribution in [0.1, 0.15) is 19.4 Å². The molecule has 2 heterocycles. The number of aromatic nitrogens is 1. The highest BCUT2D eigenvalue weighted by molar-refractivity contribution is 5.30. The molecule has 5 nitrogen and oxygen atoms in total. The van der Waals surface area contributed by atoms with Crippen LogP contribution in [-0.4, -0.2) is 61.2 Å². The first-order valence-corrected chi connectivity index (χ1v) is 7.18. The van der Waals surface area contributed by atoms with Crippen molar-refractivity contribution in [2.24, 2.45) is 0 Å². The van der Waals surface area contributed by atoms with Gasteiger partial charge in [-0.05, 0) is 19.9 Å². The van der Waals surface area contributed by atoms with Crippen molar-refractivity contribution in [3.05, 3.63) is 17.7 Å². The topological polar surface area (TPSA) is 37.8 Å². The molecule has 1 aromatic heterocycles. The predicted octanol–water partition coefficient (Wildman–Crippen LogP) is 1.62. The number of rotatable bonds is 5. The molecule has 20 heavy (non-hydrogen) atoms. The Labute approximate surface area is 121 Å². The quantitative estimate of drug-likeness (QED) is 0.819. The average molecular weight is 279 g/mol. The summed E-state index contributed by atoms with van der Waals surface area (Å²) in [4.78, 5) is 9.30. The van der Waals surface area contributed by atoms with Crippen LogP contribution in [0, 0.1) is 0 Å². The lowest BCUT2D eigenvalue weighted by Gasteiger charge is -2.37. The van der Waals surface area contributed by atoms with Crippen LogP contribution in [0.2, 0.25) is 0 Å². The van der Waals surface area contributed by atoms with Crippen molar-refractivity contribution >= 4 is 0 Å². The van der Waals surface area contributed by atoms with Crippen molar-refractivity contribution in [3.63, 3.8) is 0 Å². The van der Waals surface area contributed by atoms with Crippen LogP contribution >= 0.6 is 0 Å². The normalized spacial score (nSPS) is 17.4. The van der Waals surface area contributed by atoms with E-state index in [1.165, 1.54) is 0 Å². The lowest BCUT2D eigenvalue weighted by molar-refractivity contribution is 0.103. The lowest BCUT2D eigenvalue weighted by atomic mass is 10.2. The van der Waals surface area contributed by atoms with E-state index in [0.29, 0.717) is 17.8 Å². The minimum absolute atomic E-state index is 0.593. The van der Waals surface area contributed by atoms with Crippen LogP contribution in [-0.2, 0) is 6.54 Å². The highest BCUT2D eigenvalue weighted by atomic mass is 16.5. The van der Waals surface area contributed by atoms with E-state index in [2.05, 4.69) is 28.6 Å². The van der Waals surface area contributed by atoms with Crippen LogP contribution in [0.5, 0.6) is 11.8 Å². The van der Waals surface area contributed by atoms with Crippen molar-refractivity contribution in [2.45, 2.75) is 26.4 Å². The van der Waals surface area contributed by atoms with Crippen LogP contribution in [0.4, 0.5) is 0 Å². The number of nitrogens with zero attached hydrogens (tertiary/aromatic N) is 3. The van der Waals surface area contributed by atoms with Gasteiger partial charge >= 0.3 is 0 Å². The van der Waals surface area contributed by atoms with E-state index >= 15 is 0 Å². The molecule has 0 N–H and O–H groups in total. The fourth-order valence-corrected chi connectivity index (χ4v) is 2.54. The molecule has 1 aromatic rings. The summed E-state index contributed by atoms with van der Waals surface area (Å²) in [6, 6.07) is 4.57. The first kappa shape index (κ1) is 15.1. The monoisotopic (exact) mass is 279 g/mol. The number of hydrogen-bond acceptors (Lipinski definition) is 5. The van der Waals surface area contributed by atoms with E-state index in [1.807, 2.05) is 12.1 Å². The number of pyridine rings is 1. The van der Waals surface area contributed by atoms with Crippen molar-refractivity contribution in [2.75, 3.05) is 40.4 Å². The summed E-state index contributed by atoms with van der Waals surface area (Å²) in [5, 5.41) is 0. The molecule has 112 valence electrons. The average Bonchev–Trinajstić information content (AvgIpc) is 2.48. The first-order chi connectivity index (χ1) is 9.63. The molecule has 2 rings (SSSR count). The smallest absolute Gasteiger partial charge is 0.220 e. The number of methoxy groups -OCH3 is 2. The maximum absolute atomic E-state index is 5.36. The van der Waals surface area contributed by atoms with E-state index in [9.17, 15) is 0 Å². The Bertz CT molecular complexity index is 429. The summed E-state index contributed by atoms with van der Waals surface area (Å²) >= 11 is 0. The highest BCUT2D eigenvalue weighted by Gasteiger charge is 2.20. The number of piperazine rings is 1. The van der Waals surface area contributed by atoms with Crippen LogP contribution in [0.3, 0.4) is 0 Å². The van der Waals surface area contributed by atoms with Crippen molar-refractivity contribution in [1.29, 1.82) is 0 Å². The summed E-state index contributed by atoms with van der Waals surface area (Å²) < 4.78 is 10.5. The minimum atomic E-state index is 0.593. The number of hydrogen-bond donors (Lipinski definition) is 0. The van der Waals surface area contributed by atoms with Crippen molar-refractivity contribution in [1.82, 2.24) is 14.8 Å². The number of ether oxygens (including phenoxy) is 2. The maximum atomic E-state index is 5.36. The molecule has 0 unspecified atom stereocenters. The van der Waals surface area contributed by atoms with Crippen LogP contribution < -0.4 is 9.47 Å². The third-order valence-corrected chi connectivity index (χ3v) is 3.85. The van der Waals surface area contributed by atoms with E-state index < -0.39 is 0 Å². The summed E-state index contributed by atoms with van der Waals surface area (Å²) in [6.07, 6.45) is 0. The van der Waals surface area contributed by atoms with Gasteiger partial charge < -0.3 is 9.47 Å². The summed E-state index contributed by atoms with van der Waals surface area (Å²) in [5.74, 6) is 1.26. The largest absolute Gasteiger partial charge is 0.481 e. The van der Waals surface area contributed by atoms with E-state index in [0.717, 1.165) is 38.3 Å². The van der Waals surface area contributed by atoms with Crippen molar-refractivity contribution in [3.8, 4) is 11.8 Å². The van der Waals surface area contributed by atoms with Crippen LogP contribution in [0.25, 0.3) is 0 Å². The molecule has 0 spiro atoms. The summed E-state index contributed by atoms with van der Waals surface area (Å²) in [6.45, 7) is 9.83. The van der Waals surface area contributed by atoms with Gasteiger partial charge in [0.05, 0.1) is 14.2 Å². The maximum Gasteiger partial charge on any atom is 0.220 e. The Morgan fingerprint density at radius 2 is 1.80 bits per heavy atom. The van der Waals surface area contributed by atoms with Gasteiger partial charge in [0.15, 0.2) is 0 Å². The molecule has 1 saturated heterocycles. The lowest BCUT2D eigenvalue weighted by Crippen LogP contribution is -2.48. The molecule has 1 aliphatic heterocycles. The molecule has 1 fully saturated rings.